The van der Waals surface area contributed by atoms with Crippen molar-refractivity contribution in [3.8, 4) is 0 Å². The average molecular weight is 359 g/mol. The van der Waals surface area contributed by atoms with Crippen molar-refractivity contribution in [3.63, 3.8) is 0 Å². The Morgan fingerprint density at radius 2 is 2.17 bits per heavy atom. The Balaban J connectivity index is 2.11. The monoisotopic (exact) mass is 358 g/mol. The van der Waals surface area contributed by atoms with Crippen LogP contribution in [0.5, 0.6) is 0 Å². The lowest BCUT2D eigenvalue weighted by atomic mass is 10.2. The number of hydrogen-bond acceptors (Lipinski definition) is 5. The Kier molecular flexibility index (Phi) is 5.12. The standard InChI is InChI=1S/C13H12ClN3O5S/c1-6(23-11-13(21)22-16-17(11)2)10(18)15-7-3-4-9(14)8(5-7)12(19)20/h3-6H,1-2H3,(H2-,15,16,18,19,20,21)/p+1. The highest BCUT2D eigenvalue weighted by atomic mass is 35.5. The minimum Gasteiger partial charge on any atom is -0.478 e. The number of carboxylic acids is 1. The summed E-state index contributed by atoms with van der Waals surface area (Å²) in [4.78, 5) is 34.7. The number of carboxylic acid groups (broad SMARTS) is 1. The van der Waals surface area contributed by atoms with Crippen LogP contribution in [0.4, 0.5) is 5.69 Å². The van der Waals surface area contributed by atoms with Crippen LogP contribution in [0.3, 0.4) is 0 Å². The van der Waals surface area contributed by atoms with Gasteiger partial charge in [-0.25, -0.2) is 9.59 Å². The van der Waals surface area contributed by atoms with E-state index in [0.717, 1.165) is 11.8 Å². The minimum atomic E-state index is -1.19. The number of hydrogen-bond donors (Lipinski definition) is 3. The van der Waals surface area contributed by atoms with Gasteiger partial charge in [-0.05, 0) is 42.2 Å². The molecule has 3 N–H and O–H groups in total. The first-order valence-electron chi connectivity index (χ1n) is 6.37. The molecule has 2 rings (SSSR count). The van der Waals surface area contributed by atoms with Gasteiger partial charge in [0, 0.05) is 5.69 Å². The molecule has 2 aromatic rings. The SMILES string of the molecule is CC(Sc1c(=O)o[nH][n+]1C)C(=O)Nc1ccc(Cl)c(C(=O)O)c1. The van der Waals surface area contributed by atoms with Gasteiger partial charge < -0.3 is 10.4 Å². The molecule has 0 aliphatic rings. The fraction of sp³-hybridized carbons (Fsp3) is 0.231. The van der Waals surface area contributed by atoms with E-state index < -0.39 is 22.8 Å². The Morgan fingerprint density at radius 1 is 1.48 bits per heavy atom. The molecule has 0 bridgehead atoms. The zero-order chi connectivity index (χ0) is 17.1. The van der Waals surface area contributed by atoms with Gasteiger partial charge in [-0.15, -0.1) is 0 Å². The van der Waals surface area contributed by atoms with Gasteiger partial charge in [0.1, 0.15) is 0 Å². The van der Waals surface area contributed by atoms with Gasteiger partial charge in [0.05, 0.1) is 15.8 Å². The lowest BCUT2D eigenvalue weighted by Gasteiger charge is -2.10. The molecule has 1 atom stereocenters. The number of H-pyrrole nitrogens is 1. The molecular formula is C13H13ClN3O5S+. The van der Waals surface area contributed by atoms with Crippen LogP contribution in [-0.4, -0.2) is 27.5 Å². The van der Waals surface area contributed by atoms with Crippen molar-refractivity contribution in [2.45, 2.75) is 17.2 Å². The number of halogens is 1. The third-order valence-electron chi connectivity index (χ3n) is 2.88. The lowest BCUT2D eigenvalue weighted by molar-refractivity contribution is -0.772. The van der Waals surface area contributed by atoms with Gasteiger partial charge in [0.15, 0.2) is 7.05 Å². The number of nitrogens with one attached hydrogen (secondary N) is 2. The molecular weight excluding hydrogens is 346 g/mol. The summed E-state index contributed by atoms with van der Waals surface area (Å²) in [5, 5.41) is 13.7. The number of thioether (sulfide) groups is 1. The number of amides is 1. The molecule has 122 valence electrons. The van der Waals surface area contributed by atoms with E-state index in [1.165, 1.54) is 22.9 Å². The smallest absolute Gasteiger partial charge is 0.441 e. The third-order valence-corrected chi connectivity index (χ3v) is 4.44. The van der Waals surface area contributed by atoms with Crippen LogP contribution < -0.4 is 15.6 Å². The molecule has 23 heavy (non-hydrogen) atoms. The zero-order valence-corrected chi connectivity index (χ0v) is 13.7. The van der Waals surface area contributed by atoms with Crippen LogP contribution in [0.25, 0.3) is 0 Å². The number of aromatic amines is 1. The lowest BCUT2D eigenvalue weighted by Crippen LogP contribution is -2.35. The van der Waals surface area contributed by atoms with Gasteiger partial charge in [-0.2, -0.15) is 0 Å². The molecule has 10 heteroatoms. The molecule has 1 unspecified atom stereocenters. The second-order valence-electron chi connectivity index (χ2n) is 4.59. The third kappa shape index (κ3) is 3.93. The highest BCUT2D eigenvalue weighted by molar-refractivity contribution is 8.00. The fourth-order valence-corrected chi connectivity index (χ4v) is 2.72. The van der Waals surface area contributed by atoms with Crippen molar-refractivity contribution in [2.24, 2.45) is 7.05 Å². The molecule has 0 saturated heterocycles. The van der Waals surface area contributed by atoms with E-state index >= 15 is 0 Å². The van der Waals surface area contributed by atoms with E-state index in [1.807, 2.05) is 0 Å². The number of nitrogens with zero attached hydrogens (tertiary/aromatic N) is 1. The molecule has 1 amide bonds. The number of aromatic nitrogens is 2. The van der Waals surface area contributed by atoms with Crippen LogP contribution in [0.15, 0.2) is 32.5 Å². The quantitative estimate of drug-likeness (QED) is 0.547. The minimum absolute atomic E-state index is 0.0786. The predicted octanol–water partition coefficient (Wildman–Crippen LogP) is 1.26. The van der Waals surface area contributed by atoms with Gasteiger partial charge in [0.2, 0.25) is 5.91 Å². The largest absolute Gasteiger partial charge is 0.478 e. The van der Waals surface area contributed by atoms with Crippen LogP contribution >= 0.6 is 23.4 Å². The molecule has 8 nitrogen and oxygen atoms in total. The van der Waals surface area contributed by atoms with Crippen molar-refractivity contribution in [1.82, 2.24) is 5.27 Å². The molecule has 0 aliphatic heterocycles. The number of rotatable bonds is 5. The normalized spacial score (nSPS) is 12.0. The number of anilines is 1. The number of carbonyl (C=O) groups excluding carboxylic acids is 1. The second kappa shape index (κ2) is 6.88. The Bertz CT molecular complexity index is 816. The summed E-state index contributed by atoms with van der Waals surface area (Å²) in [7, 11) is 1.58. The summed E-state index contributed by atoms with van der Waals surface area (Å²) in [5.74, 6) is -1.58. The van der Waals surface area contributed by atoms with Gasteiger partial charge in [-0.1, -0.05) is 16.3 Å². The van der Waals surface area contributed by atoms with Crippen LogP contribution in [0.2, 0.25) is 5.02 Å². The topological polar surface area (TPSA) is 116 Å². The van der Waals surface area contributed by atoms with Gasteiger partial charge in [-0.3, -0.25) is 9.32 Å². The molecule has 1 aromatic carbocycles. The van der Waals surface area contributed by atoms with Crippen molar-refractivity contribution in [3.05, 3.63) is 39.2 Å². The highest BCUT2D eigenvalue weighted by Gasteiger charge is 2.25. The van der Waals surface area contributed by atoms with Crippen LogP contribution in [-0.2, 0) is 11.8 Å². The first-order chi connectivity index (χ1) is 10.8. The Labute approximate surface area is 139 Å². The number of benzene rings is 1. The number of aryl methyl sites for hydroxylation is 1. The van der Waals surface area contributed by atoms with Gasteiger partial charge in [0.25, 0.3) is 0 Å². The van der Waals surface area contributed by atoms with E-state index in [-0.39, 0.29) is 15.6 Å². The fourth-order valence-electron chi connectivity index (χ4n) is 1.69. The summed E-state index contributed by atoms with van der Waals surface area (Å²) in [6, 6.07) is 4.15. The van der Waals surface area contributed by atoms with Crippen molar-refractivity contribution in [1.29, 1.82) is 0 Å². The average Bonchev–Trinajstić information content (AvgIpc) is 2.80. The summed E-state index contributed by atoms with van der Waals surface area (Å²) < 4.78 is 5.96. The molecule has 0 spiro atoms. The van der Waals surface area contributed by atoms with E-state index in [2.05, 4.69) is 15.1 Å². The van der Waals surface area contributed by atoms with Crippen LogP contribution in [0, 0.1) is 0 Å². The molecule has 0 aliphatic carbocycles. The molecule has 0 fully saturated rings. The highest BCUT2D eigenvalue weighted by Crippen LogP contribution is 2.22. The number of aromatic carboxylic acids is 1. The molecule has 1 aromatic heterocycles. The Hall–Kier alpha value is -2.26. The summed E-state index contributed by atoms with van der Waals surface area (Å²) in [6.07, 6.45) is 0. The van der Waals surface area contributed by atoms with Crippen molar-refractivity contribution < 1.29 is 23.9 Å². The maximum atomic E-state index is 12.2. The zero-order valence-electron chi connectivity index (χ0n) is 12.1. The molecule has 0 radical (unpaired) electrons. The van der Waals surface area contributed by atoms with E-state index in [4.69, 9.17) is 16.7 Å². The first-order valence-corrected chi connectivity index (χ1v) is 7.63. The summed E-state index contributed by atoms with van der Waals surface area (Å²) in [5.41, 5.74) is -0.381. The van der Waals surface area contributed by atoms with Crippen molar-refractivity contribution in [2.75, 3.05) is 5.32 Å². The predicted molar refractivity (Wildman–Crippen MR) is 82.9 cm³/mol. The van der Waals surface area contributed by atoms with Crippen molar-refractivity contribution >= 4 is 40.9 Å². The Morgan fingerprint density at radius 3 is 2.74 bits per heavy atom. The van der Waals surface area contributed by atoms with E-state index in [0.29, 0.717) is 5.69 Å². The molecule has 1 heterocycles. The molecule has 0 saturated carbocycles. The van der Waals surface area contributed by atoms with Gasteiger partial charge >= 0.3 is 16.6 Å². The maximum Gasteiger partial charge on any atom is 0.441 e. The number of carbonyl (C=O) groups is 2. The summed E-state index contributed by atoms with van der Waals surface area (Å²) >= 11 is 6.79. The second-order valence-corrected chi connectivity index (χ2v) is 6.33. The maximum absolute atomic E-state index is 12.2. The first kappa shape index (κ1) is 17.1. The summed E-state index contributed by atoms with van der Waals surface area (Å²) in [6.45, 7) is 1.61. The van der Waals surface area contributed by atoms with E-state index in [1.54, 1.807) is 14.0 Å². The van der Waals surface area contributed by atoms with Crippen LogP contribution in [0.1, 0.15) is 17.3 Å². The van der Waals surface area contributed by atoms with E-state index in [9.17, 15) is 14.4 Å².